The maximum atomic E-state index is 12.6. The lowest BCUT2D eigenvalue weighted by atomic mass is 10.1. The number of nitrogens with zero attached hydrogens (tertiary/aromatic N) is 7. The van der Waals surface area contributed by atoms with Crippen LogP contribution in [0.5, 0.6) is 0 Å². The highest BCUT2D eigenvalue weighted by molar-refractivity contribution is 5.78. The third-order valence-corrected chi connectivity index (χ3v) is 3.99. The molecule has 3 heterocycles. The molecule has 3 aromatic rings. The minimum Gasteiger partial charge on any atom is -0.337 e. The predicted octanol–water partition coefficient (Wildman–Crippen LogP) is 1.63. The molecule has 0 saturated carbocycles. The Labute approximate surface area is 151 Å². The zero-order valence-electron chi connectivity index (χ0n) is 15.2. The predicted molar refractivity (Wildman–Crippen MR) is 92.7 cm³/mol. The summed E-state index contributed by atoms with van der Waals surface area (Å²) in [6.45, 7) is 6.29. The summed E-state index contributed by atoms with van der Waals surface area (Å²) in [5, 5.41) is 8.25. The van der Waals surface area contributed by atoms with E-state index in [0.29, 0.717) is 24.1 Å². The summed E-state index contributed by atoms with van der Waals surface area (Å²) in [6, 6.07) is 3.60. The lowest BCUT2D eigenvalue weighted by molar-refractivity contribution is -0.135. The van der Waals surface area contributed by atoms with Crippen LogP contribution in [0.3, 0.4) is 0 Å². The second kappa shape index (κ2) is 7.42. The van der Waals surface area contributed by atoms with E-state index in [-0.39, 0.29) is 18.4 Å². The third-order valence-electron chi connectivity index (χ3n) is 3.99. The normalized spacial score (nSPS) is 12.2. The average molecular weight is 355 g/mol. The van der Waals surface area contributed by atoms with E-state index < -0.39 is 0 Å². The van der Waals surface area contributed by atoms with E-state index in [9.17, 15) is 4.79 Å². The Morgan fingerprint density at radius 1 is 1.27 bits per heavy atom. The third kappa shape index (κ3) is 3.93. The first-order chi connectivity index (χ1) is 12.4. The number of rotatable bonds is 6. The monoisotopic (exact) mass is 355 g/mol. The first kappa shape index (κ1) is 17.7. The van der Waals surface area contributed by atoms with Gasteiger partial charge < -0.3 is 9.42 Å². The van der Waals surface area contributed by atoms with Crippen LogP contribution in [0.1, 0.15) is 24.5 Å². The Bertz CT molecular complexity index is 888. The van der Waals surface area contributed by atoms with Crippen LogP contribution in [0.15, 0.2) is 29.0 Å². The van der Waals surface area contributed by atoms with Gasteiger partial charge in [0.1, 0.15) is 11.6 Å². The molecule has 0 saturated heterocycles. The second-order valence-electron chi connectivity index (χ2n) is 6.23. The van der Waals surface area contributed by atoms with Crippen LogP contribution in [0.4, 0.5) is 0 Å². The minimum absolute atomic E-state index is 0.0267. The van der Waals surface area contributed by atoms with E-state index in [1.165, 1.54) is 0 Å². The molecule has 26 heavy (non-hydrogen) atoms. The van der Waals surface area contributed by atoms with Gasteiger partial charge in [0.05, 0.1) is 19.0 Å². The number of carbonyl (C=O) groups excluding carboxylic acids is 1. The van der Waals surface area contributed by atoms with Gasteiger partial charge in [-0.2, -0.15) is 10.1 Å². The van der Waals surface area contributed by atoms with Gasteiger partial charge in [-0.05, 0) is 26.0 Å². The van der Waals surface area contributed by atoms with Crippen molar-refractivity contribution in [3.63, 3.8) is 0 Å². The SMILES string of the molecule is Cc1nc(C)n(C[C@H](C)C(=O)N(C)Cc2nc(-c3ccncc3)no2)n1. The molecule has 9 nitrogen and oxygen atoms in total. The molecule has 0 bridgehead atoms. The maximum absolute atomic E-state index is 12.6. The Hall–Kier alpha value is -3.10. The Morgan fingerprint density at radius 2 is 2.00 bits per heavy atom. The highest BCUT2D eigenvalue weighted by Gasteiger charge is 2.21. The van der Waals surface area contributed by atoms with Crippen LogP contribution in [0.25, 0.3) is 11.4 Å². The number of pyridine rings is 1. The van der Waals surface area contributed by atoms with Crippen LogP contribution in [0, 0.1) is 19.8 Å². The second-order valence-corrected chi connectivity index (χ2v) is 6.23. The van der Waals surface area contributed by atoms with Crippen molar-refractivity contribution in [2.75, 3.05) is 7.05 Å². The van der Waals surface area contributed by atoms with Gasteiger partial charge in [-0.15, -0.1) is 0 Å². The summed E-state index contributed by atoms with van der Waals surface area (Å²) in [5.41, 5.74) is 0.814. The number of aromatic nitrogens is 6. The van der Waals surface area contributed by atoms with Crippen LogP contribution in [-0.2, 0) is 17.9 Å². The zero-order chi connectivity index (χ0) is 18.7. The van der Waals surface area contributed by atoms with Crippen molar-refractivity contribution >= 4 is 5.91 Å². The topological polar surface area (TPSA) is 103 Å². The Balaban J connectivity index is 1.62. The van der Waals surface area contributed by atoms with Crippen molar-refractivity contribution in [2.24, 2.45) is 5.92 Å². The summed E-state index contributed by atoms with van der Waals surface area (Å²) in [5.74, 6) is 2.08. The van der Waals surface area contributed by atoms with Gasteiger partial charge in [0.25, 0.3) is 0 Å². The number of hydrogen-bond acceptors (Lipinski definition) is 7. The van der Waals surface area contributed by atoms with Gasteiger partial charge in [-0.3, -0.25) is 9.78 Å². The molecule has 1 amide bonds. The molecule has 0 spiro atoms. The maximum Gasteiger partial charge on any atom is 0.246 e. The molecule has 0 unspecified atom stereocenters. The number of amides is 1. The summed E-state index contributed by atoms with van der Waals surface area (Å²) in [7, 11) is 1.72. The molecule has 136 valence electrons. The summed E-state index contributed by atoms with van der Waals surface area (Å²) < 4.78 is 7.01. The zero-order valence-corrected chi connectivity index (χ0v) is 15.2. The standard InChI is InChI=1S/C17H21N7O2/c1-11(9-24-13(3)19-12(2)21-24)17(25)23(4)10-15-20-16(22-26-15)14-5-7-18-8-6-14/h5-8,11H,9-10H2,1-4H3/t11-/m0/s1. The van der Waals surface area contributed by atoms with E-state index in [4.69, 9.17) is 4.52 Å². The Morgan fingerprint density at radius 3 is 2.65 bits per heavy atom. The van der Waals surface area contributed by atoms with Crippen molar-refractivity contribution in [1.29, 1.82) is 0 Å². The van der Waals surface area contributed by atoms with Crippen LogP contribution in [0.2, 0.25) is 0 Å². The molecule has 3 rings (SSSR count). The lowest BCUT2D eigenvalue weighted by Crippen LogP contribution is -2.33. The number of carbonyl (C=O) groups is 1. The van der Waals surface area contributed by atoms with Crippen molar-refractivity contribution in [2.45, 2.75) is 33.9 Å². The van der Waals surface area contributed by atoms with E-state index in [1.807, 2.05) is 20.8 Å². The van der Waals surface area contributed by atoms with Crippen LogP contribution < -0.4 is 0 Å². The van der Waals surface area contributed by atoms with Gasteiger partial charge in [0, 0.05) is 25.0 Å². The molecular formula is C17H21N7O2. The minimum atomic E-state index is -0.248. The fourth-order valence-corrected chi connectivity index (χ4v) is 2.67. The number of hydrogen-bond donors (Lipinski definition) is 0. The van der Waals surface area contributed by atoms with Gasteiger partial charge in [-0.1, -0.05) is 12.1 Å². The summed E-state index contributed by atoms with van der Waals surface area (Å²) >= 11 is 0. The summed E-state index contributed by atoms with van der Waals surface area (Å²) in [4.78, 5) is 26.7. The van der Waals surface area contributed by atoms with Gasteiger partial charge in [0.15, 0.2) is 0 Å². The van der Waals surface area contributed by atoms with Crippen molar-refractivity contribution in [3.05, 3.63) is 42.1 Å². The first-order valence-electron chi connectivity index (χ1n) is 8.30. The molecule has 0 aliphatic carbocycles. The van der Waals surface area contributed by atoms with Gasteiger partial charge in [0.2, 0.25) is 17.6 Å². The highest BCUT2D eigenvalue weighted by atomic mass is 16.5. The van der Waals surface area contributed by atoms with Crippen LogP contribution >= 0.6 is 0 Å². The molecule has 0 aliphatic rings. The lowest BCUT2D eigenvalue weighted by Gasteiger charge is -2.20. The van der Waals surface area contributed by atoms with E-state index in [1.54, 1.807) is 41.2 Å². The van der Waals surface area contributed by atoms with Crippen LogP contribution in [-0.4, -0.2) is 47.7 Å². The van der Waals surface area contributed by atoms with Gasteiger partial charge >= 0.3 is 0 Å². The van der Waals surface area contributed by atoms with Crippen molar-refractivity contribution < 1.29 is 9.32 Å². The summed E-state index contributed by atoms with van der Waals surface area (Å²) in [6.07, 6.45) is 3.33. The smallest absolute Gasteiger partial charge is 0.246 e. The van der Waals surface area contributed by atoms with E-state index in [2.05, 4.69) is 25.2 Å². The van der Waals surface area contributed by atoms with Gasteiger partial charge in [-0.25, -0.2) is 9.67 Å². The largest absolute Gasteiger partial charge is 0.337 e. The quantitative estimate of drug-likeness (QED) is 0.662. The molecule has 3 aromatic heterocycles. The first-order valence-corrected chi connectivity index (χ1v) is 8.30. The molecule has 0 aromatic carbocycles. The van der Waals surface area contributed by atoms with Crippen molar-refractivity contribution in [3.8, 4) is 11.4 Å². The molecule has 0 radical (unpaired) electrons. The fraction of sp³-hybridized carbons (Fsp3) is 0.412. The molecule has 1 atom stereocenters. The molecular weight excluding hydrogens is 334 g/mol. The van der Waals surface area contributed by atoms with Crippen molar-refractivity contribution in [1.82, 2.24) is 34.8 Å². The fourth-order valence-electron chi connectivity index (χ4n) is 2.67. The molecule has 0 N–H and O–H groups in total. The highest BCUT2D eigenvalue weighted by Crippen LogP contribution is 2.15. The average Bonchev–Trinajstić information content (AvgIpc) is 3.21. The van der Waals surface area contributed by atoms with E-state index >= 15 is 0 Å². The molecule has 0 aliphatic heterocycles. The Kier molecular flexibility index (Phi) is 5.06. The molecule has 9 heteroatoms. The number of aryl methyl sites for hydroxylation is 2. The van der Waals surface area contributed by atoms with E-state index in [0.717, 1.165) is 11.4 Å². The molecule has 0 fully saturated rings.